The van der Waals surface area contributed by atoms with Crippen LogP contribution in [0.15, 0.2) is 65.1 Å². The smallest absolute Gasteiger partial charge is 0.266 e. The lowest BCUT2D eigenvalue weighted by Crippen LogP contribution is -2.29. The predicted octanol–water partition coefficient (Wildman–Crippen LogP) is 5.55. The Labute approximate surface area is 178 Å². The van der Waals surface area contributed by atoms with Crippen LogP contribution in [-0.4, -0.2) is 16.8 Å². The highest BCUT2D eigenvalue weighted by atomic mass is 127. The monoisotopic (exact) mass is 500 g/mol. The average molecular weight is 501 g/mol. The molecule has 0 radical (unpaired) electrons. The van der Waals surface area contributed by atoms with Gasteiger partial charge in [-0.1, -0.05) is 23.7 Å². The molecule has 0 saturated carbocycles. The topological polar surface area (TPSA) is 63.4 Å². The van der Waals surface area contributed by atoms with Crippen LogP contribution in [0, 0.1) is 3.57 Å². The van der Waals surface area contributed by atoms with Crippen molar-refractivity contribution >= 4 is 62.8 Å². The van der Waals surface area contributed by atoms with Gasteiger partial charge in [0.1, 0.15) is 5.52 Å². The Morgan fingerprint density at radius 1 is 0.893 bits per heavy atom. The number of halogens is 2. The summed E-state index contributed by atoms with van der Waals surface area (Å²) in [5.74, 6) is -0.299. The molecule has 2 amide bonds. The van der Waals surface area contributed by atoms with E-state index in [0.29, 0.717) is 44.4 Å². The quantitative estimate of drug-likeness (QED) is 0.267. The van der Waals surface area contributed by atoms with Crippen LogP contribution in [0.5, 0.6) is 0 Å². The zero-order valence-electron chi connectivity index (χ0n) is 14.1. The molecule has 1 aliphatic rings. The number of hydrogen-bond donors (Lipinski definition) is 0. The van der Waals surface area contributed by atoms with Gasteiger partial charge < -0.3 is 4.42 Å². The SMILES string of the molecule is O=C1c2ccccc2C(=O)N1c1ccc2oc(-c3cc(I)ccc3Cl)nc2c1. The summed E-state index contributed by atoms with van der Waals surface area (Å²) in [5, 5.41) is 0.535. The van der Waals surface area contributed by atoms with Crippen molar-refractivity contribution in [1.82, 2.24) is 4.98 Å². The molecule has 3 aromatic carbocycles. The summed E-state index contributed by atoms with van der Waals surface area (Å²) in [5.41, 5.74) is 3.03. The highest BCUT2D eigenvalue weighted by molar-refractivity contribution is 14.1. The van der Waals surface area contributed by atoms with Crippen molar-refractivity contribution in [3.63, 3.8) is 0 Å². The van der Waals surface area contributed by atoms with Gasteiger partial charge in [0.05, 0.1) is 27.4 Å². The molecule has 0 atom stereocenters. The molecule has 1 aliphatic heterocycles. The number of rotatable bonds is 2. The lowest BCUT2D eigenvalue weighted by atomic mass is 10.1. The number of carbonyl (C=O) groups excluding carboxylic acids is 2. The molecule has 5 nitrogen and oxygen atoms in total. The van der Waals surface area contributed by atoms with Crippen molar-refractivity contribution < 1.29 is 14.0 Å². The molecule has 1 aromatic heterocycles. The molecule has 5 rings (SSSR count). The lowest BCUT2D eigenvalue weighted by Gasteiger charge is -2.13. The first-order chi connectivity index (χ1) is 13.5. The molecule has 136 valence electrons. The number of nitrogens with zero attached hydrogens (tertiary/aromatic N) is 2. The first kappa shape index (κ1) is 17.4. The molecule has 0 bridgehead atoms. The zero-order valence-corrected chi connectivity index (χ0v) is 17.1. The van der Waals surface area contributed by atoms with Crippen LogP contribution in [-0.2, 0) is 0 Å². The molecule has 0 N–H and O–H groups in total. The second kappa shape index (κ2) is 6.42. The number of imide groups is 1. The Balaban J connectivity index is 1.59. The molecule has 0 aliphatic carbocycles. The van der Waals surface area contributed by atoms with Crippen molar-refractivity contribution in [3.05, 3.63) is 80.4 Å². The lowest BCUT2D eigenvalue weighted by molar-refractivity contribution is 0.0926. The van der Waals surface area contributed by atoms with Gasteiger partial charge in [-0.25, -0.2) is 9.88 Å². The van der Waals surface area contributed by atoms with Crippen LogP contribution in [0.3, 0.4) is 0 Å². The molecule has 0 fully saturated rings. The standard InChI is InChI=1S/C21H10ClIN2O3/c22-16-7-5-11(23)9-15(16)19-24-17-10-12(6-8-18(17)28-19)25-20(26)13-3-1-2-4-14(13)21(25)27/h1-10H. The fraction of sp³-hybridized carbons (Fsp3) is 0. The third kappa shape index (κ3) is 2.63. The Morgan fingerprint density at radius 2 is 1.61 bits per heavy atom. The highest BCUT2D eigenvalue weighted by Crippen LogP contribution is 2.34. The van der Waals surface area contributed by atoms with E-state index >= 15 is 0 Å². The van der Waals surface area contributed by atoms with Crippen LogP contribution in [0.4, 0.5) is 5.69 Å². The second-order valence-electron chi connectivity index (χ2n) is 6.29. The molecule has 4 aromatic rings. The predicted molar refractivity (Wildman–Crippen MR) is 115 cm³/mol. The second-order valence-corrected chi connectivity index (χ2v) is 7.94. The minimum absolute atomic E-state index is 0.343. The van der Waals surface area contributed by atoms with E-state index in [1.54, 1.807) is 48.5 Å². The number of anilines is 1. The molecule has 2 heterocycles. The minimum atomic E-state index is -0.343. The summed E-state index contributed by atoms with van der Waals surface area (Å²) in [6.07, 6.45) is 0. The van der Waals surface area contributed by atoms with Gasteiger partial charge in [0, 0.05) is 3.57 Å². The van der Waals surface area contributed by atoms with Crippen molar-refractivity contribution in [2.24, 2.45) is 0 Å². The molecular formula is C21H10ClIN2O3. The molecule has 0 unspecified atom stereocenters. The minimum Gasteiger partial charge on any atom is -0.436 e. The highest BCUT2D eigenvalue weighted by Gasteiger charge is 2.36. The summed E-state index contributed by atoms with van der Waals surface area (Å²) >= 11 is 8.48. The van der Waals surface area contributed by atoms with Gasteiger partial charge >= 0.3 is 0 Å². The summed E-state index contributed by atoms with van der Waals surface area (Å²) < 4.78 is 6.84. The van der Waals surface area contributed by atoms with Crippen molar-refractivity contribution in [1.29, 1.82) is 0 Å². The maximum absolute atomic E-state index is 12.7. The van der Waals surface area contributed by atoms with Gasteiger partial charge in [0.15, 0.2) is 5.58 Å². The largest absolute Gasteiger partial charge is 0.436 e. The average Bonchev–Trinajstić information content (AvgIpc) is 3.23. The Bertz CT molecular complexity index is 1260. The molecular weight excluding hydrogens is 491 g/mol. The molecule has 28 heavy (non-hydrogen) atoms. The summed E-state index contributed by atoms with van der Waals surface area (Å²) in [6.45, 7) is 0. The van der Waals surface area contributed by atoms with E-state index in [-0.39, 0.29) is 11.8 Å². The fourth-order valence-corrected chi connectivity index (χ4v) is 3.94. The Kier molecular flexibility index (Phi) is 3.99. The Morgan fingerprint density at radius 3 is 2.32 bits per heavy atom. The Hall–Kier alpha value is -2.71. The first-order valence-electron chi connectivity index (χ1n) is 8.37. The third-order valence-electron chi connectivity index (χ3n) is 4.58. The zero-order chi connectivity index (χ0) is 19.4. The van der Waals surface area contributed by atoms with Crippen LogP contribution in [0.1, 0.15) is 20.7 Å². The van der Waals surface area contributed by atoms with Crippen LogP contribution >= 0.6 is 34.2 Å². The summed E-state index contributed by atoms with van der Waals surface area (Å²) in [4.78, 5) is 31.1. The molecule has 7 heteroatoms. The molecule has 0 saturated heterocycles. The van der Waals surface area contributed by atoms with Gasteiger partial charge in [-0.3, -0.25) is 9.59 Å². The van der Waals surface area contributed by atoms with E-state index in [0.717, 1.165) is 8.47 Å². The number of fused-ring (bicyclic) bond motifs is 2. The number of aromatic nitrogens is 1. The first-order valence-corrected chi connectivity index (χ1v) is 9.82. The van der Waals surface area contributed by atoms with Crippen molar-refractivity contribution in [3.8, 4) is 11.5 Å². The van der Waals surface area contributed by atoms with Crippen molar-refractivity contribution in [2.45, 2.75) is 0 Å². The maximum Gasteiger partial charge on any atom is 0.266 e. The number of benzene rings is 3. The van der Waals surface area contributed by atoms with Crippen LogP contribution in [0.2, 0.25) is 5.02 Å². The van der Waals surface area contributed by atoms with Crippen LogP contribution < -0.4 is 4.90 Å². The van der Waals surface area contributed by atoms with Gasteiger partial charge in [0.25, 0.3) is 11.8 Å². The van der Waals surface area contributed by atoms with Gasteiger partial charge in [-0.2, -0.15) is 0 Å². The number of oxazole rings is 1. The summed E-state index contributed by atoms with van der Waals surface area (Å²) in [6, 6.07) is 17.4. The fourth-order valence-electron chi connectivity index (χ4n) is 3.26. The van der Waals surface area contributed by atoms with Gasteiger partial charge in [-0.05, 0) is 71.1 Å². The van der Waals surface area contributed by atoms with E-state index in [9.17, 15) is 9.59 Å². The number of amides is 2. The van der Waals surface area contributed by atoms with Crippen LogP contribution in [0.25, 0.3) is 22.6 Å². The number of carbonyl (C=O) groups is 2. The normalized spacial score (nSPS) is 13.4. The molecule has 0 spiro atoms. The van der Waals surface area contributed by atoms with E-state index in [2.05, 4.69) is 27.6 Å². The van der Waals surface area contributed by atoms with Gasteiger partial charge in [0.2, 0.25) is 5.89 Å². The third-order valence-corrected chi connectivity index (χ3v) is 5.58. The summed E-state index contributed by atoms with van der Waals surface area (Å²) in [7, 11) is 0. The van der Waals surface area contributed by atoms with E-state index in [4.69, 9.17) is 16.0 Å². The maximum atomic E-state index is 12.7. The van der Waals surface area contributed by atoms with E-state index in [1.807, 2.05) is 12.1 Å². The van der Waals surface area contributed by atoms with Crippen molar-refractivity contribution in [2.75, 3.05) is 4.90 Å². The number of hydrogen-bond acceptors (Lipinski definition) is 4. The van der Waals surface area contributed by atoms with E-state index in [1.165, 1.54) is 0 Å². The van der Waals surface area contributed by atoms with Gasteiger partial charge in [-0.15, -0.1) is 0 Å². The van der Waals surface area contributed by atoms with E-state index < -0.39 is 0 Å².